The molecule has 5 heteroatoms. The molecule has 0 radical (unpaired) electrons. The van der Waals surface area contributed by atoms with Gasteiger partial charge in [-0.15, -0.1) is 0 Å². The van der Waals surface area contributed by atoms with Gasteiger partial charge in [-0.2, -0.15) is 0 Å². The fourth-order valence-corrected chi connectivity index (χ4v) is 1.48. The maximum atomic E-state index is 13.6. The summed E-state index contributed by atoms with van der Waals surface area (Å²) in [6, 6.07) is 2.52. The van der Waals surface area contributed by atoms with E-state index < -0.39 is 11.6 Å². The fourth-order valence-electron chi connectivity index (χ4n) is 1.48. The lowest BCUT2D eigenvalue weighted by molar-refractivity contribution is 0.0535. The first-order valence-electron chi connectivity index (χ1n) is 5.91. The maximum Gasteiger partial charge on any atom is 0.190 e. The Bertz CT molecular complexity index is 360. The summed E-state index contributed by atoms with van der Waals surface area (Å²) in [7, 11) is 1.71. The Balaban J connectivity index is 2.60. The van der Waals surface area contributed by atoms with Gasteiger partial charge in [0.25, 0.3) is 0 Å². The predicted octanol–water partition coefficient (Wildman–Crippen LogP) is 2.49. The predicted molar refractivity (Wildman–Crippen MR) is 65.7 cm³/mol. The Morgan fingerprint density at radius 1 is 1.17 bits per heavy atom. The van der Waals surface area contributed by atoms with E-state index in [1.54, 1.807) is 7.05 Å². The van der Waals surface area contributed by atoms with Crippen LogP contribution in [-0.2, 0) is 11.3 Å². The molecule has 1 aromatic carbocycles. The van der Waals surface area contributed by atoms with Crippen LogP contribution in [0.3, 0.4) is 0 Å². The molecule has 0 aromatic heterocycles. The fraction of sp³-hybridized carbons (Fsp3) is 0.538. The van der Waals surface area contributed by atoms with Gasteiger partial charge in [-0.25, -0.2) is 8.78 Å². The third kappa shape index (κ3) is 4.58. The number of ether oxygens (including phenoxy) is 2. The molecule has 0 saturated carbocycles. The molecule has 0 bridgehead atoms. The Morgan fingerprint density at radius 2 is 1.78 bits per heavy atom. The van der Waals surface area contributed by atoms with Gasteiger partial charge in [0.15, 0.2) is 17.4 Å². The quantitative estimate of drug-likeness (QED) is 0.763. The summed E-state index contributed by atoms with van der Waals surface area (Å²) >= 11 is 0. The van der Waals surface area contributed by atoms with Crippen molar-refractivity contribution in [2.24, 2.45) is 0 Å². The Kier molecular flexibility index (Phi) is 6.01. The van der Waals surface area contributed by atoms with Crippen LogP contribution in [0, 0.1) is 11.6 Å². The second-order valence-electron chi connectivity index (χ2n) is 4.19. The minimum atomic E-state index is -0.690. The lowest BCUT2D eigenvalue weighted by Gasteiger charge is -2.11. The van der Waals surface area contributed by atoms with Crippen molar-refractivity contribution >= 4 is 0 Å². The van der Waals surface area contributed by atoms with Crippen molar-refractivity contribution in [3.8, 4) is 5.75 Å². The Labute approximate surface area is 106 Å². The molecule has 0 saturated heterocycles. The standard InChI is InChI=1S/C13H19F2NO2/c1-9(2)17-4-5-18-13-11(14)6-10(8-16-3)7-12(13)15/h6-7,9,16H,4-5,8H2,1-3H3. The van der Waals surface area contributed by atoms with Crippen molar-refractivity contribution in [3.63, 3.8) is 0 Å². The Hall–Kier alpha value is -1.20. The van der Waals surface area contributed by atoms with Crippen LogP contribution >= 0.6 is 0 Å². The van der Waals surface area contributed by atoms with Gasteiger partial charge in [0.1, 0.15) is 6.61 Å². The average Bonchev–Trinajstić information content (AvgIpc) is 2.27. The van der Waals surface area contributed by atoms with Gasteiger partial charge in [0.05, 0.1) is 12.7 Å². The minimum absolute atomic E-state index is 0.0706. The van der Waals surface area contributed by atoms with Crippen LogP contribution in [0.5, 0.6) is 5.75 Å². The van der Waals surface area contributed by atoms with Crippen LogP contribution in [0.4, 0.5) is 8.78 Å². The molecule has 0 fully saturated rings. The first kappa shape index (κ1) is 14.9. The number of hydrogen-bond acceptors (Lipinski definition) is 3. The highest BCUT2D eigenvalue weighted by Gasteiger charge is 2.12. The lowest BCUT2D eigenvalue weighted by atomic mass is 10.2. The minimum Gasteiger partial charge on any atom is -0.485 e. The van der Waals surface area contributed by atoms with Crippen LogP contribution < -0.4 is 10.1 Å². The molecule has 1 aromatic rings. The van der Waals surface area contributed by atoms with Crippen LogP contribution in [0.15, 0.2) is 12.1 Å². The normalized spacial score (nSPS) is 11.0. The van der Waals surface area contributed by atoms with E-state index in [4.69, 9.17) is 9.47 Å². The third-order valence-electron chi connectivity index (χ3n) is 2.22. The molecule has 0 spiro atoms. The smallest absolute Gasteiger partial charge is 0.190 e. The van der Waals surface area contributed by atoms with E-state index in [-0.39, 0.29) is 18.5 Å². The van der Waals surface area contributed by atoms with Crippen molar-refractivity contribution in [2.45, 2.75) is 26.5 Å². The molecule has 1 rings (SSSR count). The van der Waals surface area contributed by atoms with Gasteiger partial charge in [-0.3, -0.25) is 0 Å². The molecule has 3 nitrogen and oxygen atoms in total. The first-order valence-corrected chi connectivity index (χ1v) is 5.91. The highest BCUT2D eigenvalue weighted by atomic mass is 19.1. The van der Waals surface area contributed by atoms with Crippen molar-refractivity contribution < 1.29 is 18.3 Å². The number of hydrogen-bond donors (Lipinski definition) is 1. The summed E-state index contributed by atoms with van der Waals surface area (Å²) < 4.78 is 37.5. The zero-order chi connectivity index (χ0) is 13.5. The van der Waals surface area contributed by atoms with E-state index in [1.165, 1.54) is 12.1 Å². The van der Waals surface area contributed by atoms with Crippen molar-refractivity contribution in [1.29, 1.82) is 0 Å². The van der Waals surface area contributed by atoms with E-state index in [0.29, 0.717) is 18.7 Å². The van der Waals surface area contributed by atoms with Gasteiger partial charge in [0.2, 0.25) is 0 Å². The summed E-state index contributed by atoms with van der Waals surface area (Å²) in [6.07, 6.45) is 0.0706. The number of halogens is 2. The SMILES string of the molecule is CNCc1cc(F)c(OCCOC(C)C)c(F)c1. The molecule has 102 valence electrons. The molecule has 0 atom stereocenters. The van der Waals surface area contributed by atoms with Crippen LogP contribution in [-0.4, -0.2) is 26.4 Å². The topological polar surface area (TPSA) is 30.5 Å². The summed E-state index contributed by atoms with van der Waals surface area (Å²) in [4.78, 5) is 0. The molecule has 0 unspecified atom stereocenters. The zero-order valence-corrected chi connectivity index (χ0v) is 10.9. The van der Waals surface area contributed by atoms with Crippen LogP contribution in [0.1, 0.15) is 19.4 Å². The molecule has 0 aliphatic heterocycles. The van der Waals surface area contributed by atoms with Crippen molar-refractivity contribution in [1.82, 2.24) is 5.32 Å². The van der Waals surface area contributed by atoms with Crippen molar-refractivity contribution in [2.75, 3.05) is 20.3 Å². The van der Waals surface area contributed by atoms with Crippen LogP contribution in [0.2, 0.25) is 0 Å². The lowest BCUT2D eigenvalue weighted by Crippen LogP contribution is -2.13. The summed E-state index contributed by atoms with van der Waals surface area (Å²) in [5, 5.41) is 2.83. The molecular weight excluding hydrogens is 240 g/mol. The summed E-state index contributed by atoms with van der Waals surface area (Å²) in [5.41, 5.74) is 0.540. The van der Waals surface area contributed by atoms with E-state index in [0.717, 1.165) is 0 Å². The summed E-state index contributed by atoms with van der Waals surface area (Å²) in [5.74, 6) is -1.73. The molecule has 0 amide bonds. The first-order chi connectivity index (χ1) is 8.54. The van der Waals surface area contributed by atoms with Crippen molar-refractivity contribution in [3.05, 3.63) is 29.3 Å². The largest absolute Gasteiger partial charge is 0.485 e. The number of benzene rings is 1. The van der Waals surface area contributed by atoms with Gasteiger partial charge < -0.3 is 14.8 Å². The Morgan fingerprint density at radius 3 is 2.28 bits per heavy atom. The highest BCUT2D eigenvalue weighted by molar-refractivity contribution is 5.31. The highest BCUT2D eigenvalue weighted by Crippen LogP contribution is 2.23. The third-order valence-corrected chi connectivity index (χ3v) is 2.22. The molecule has 1 N–H and O–H groups in total. The van der Waals surface area contributed by atoms with Gasteiger partial charge in [-0.1, -0.05) is 0 Å². The second kappa shape index (κ2) is 7.28. The molecule has 0 aliphatic rings. The summed E-state index contributed by atoms with van der Waals surface area (Å²) in [6.45, 7) is 4.60. The molecule has 0 aliphatic carbocycles. The molecule has 0 heterocycles. The van der Waals surface area contributed by atoms with E-state index in [9.17, 15) is 8.78 Å². The van der Waals surface area contributed by atoms with Crippen LogP contribution in [0.25, 0.3) is 0 Å². The number of rotatable bonds is 7. The monoisotopic (exact) mass is 259 g/mol. The molecular formula is C13H19F2NO2. The van der Waals surface area contributed by atoms with E-state index in [2.05, 4.69) is 5.32 Å². The van der Waals surface area contributed by atoms with Gasteiger partial charge in [-0.05, 0) is 38.6 Å². The van der Waals surface area contributed by atoms with E-state index >= 15 is 0 Å². The zero-order valence-electron chi connectivity index (χ0n) is 10.9. The average molecular weight is 259 g/mol. The second-order valence-corrected chi connectivity index (χ2v) is 4.19. The molecule has 18 heavy (non-hydrogen) atoms. The van der Waals surface area contributed by atoms with E-state index in [1.807, 2.05) is 13.8 Å². The number of nitrogens with one attached hydrogen (secondary N) is 1. The van der Waals surface area contributed by atoms with Gasteiger partial charge in [0, 0.05) is 6.54 Å². The maximum absolute atomic E-state index is 13.6. The van der Waals surface area contributed by atoms with Gasteiger partial charge >= 0.3 is 0 Å².